The SMILES string of the molecule is Cc1cc(F)c(NC(C)C2CCN(C)CC2)cc1F. The summed E-state index contributed by atoms with van der Waals surface area (Å²) in [5, 5.41) is 3.13. The average Bonchev–Trinajstić information content (AvgIpc) is 2.36. The van der Waals surface area contributed by atoms with E-state index in [1.807, 2.05) is 6.92 Å². The van der Waals surface area contributed by atoms with Crippen molar-refractivity contribution in [3.05, 3.63) is 29.3 Å². The number of piperidine rings is 1. The number of halogens is 2. The summed E-state index contributed by atoms with van der Waals surface area (Å²) in [5.41, 5.74) is 0.615. The third kappa shape index (κ3) is 3.44. The molecular formula is C15H22F2N2. The fraction of sp³-hybridized carbons (Fsp3) is 0.600. The highest BCUT2D eigenvalue weighted by molar-refractivity contribution is 5.47. The molecule has 0 saturated carbocycles. The molecule has 2 nitrogen and oxygen atoms in total. The molecule has 0 spiro atoms. The first-order valence-corrected chi connectivity index (χ1v) is 6.88. The van der Waals surface area contributed by atoms with Crippen molar-refractivity contribution in [3.63, 3.8) is 0 Å². The monoisotopic (exact) mass is 268 g/mol. The van der Waals surface area contributed by atoms with Crippen LogP contribution in [0, 0.1) is 24.5 Å². The van der Waals surface area contributed by atoms with Gasteiger partial charge in [-0.1, -0.05) is 0 Å². The smallest absolute Gasteiger partial charge is 0.146 e. The van der Waals surface area contributed by atoms with Crippen molar-refractivity contribution in [2.75, 3.05) is 25.5 Å². The Balaban J connectivity index is 2.02. The third-order valence-corrected chi connectivity index (χ3v) is 4.10. The van der Waals surface area contributed by atoms with Gasteiger partial charge in [0, 0.05) is 12.1 Å². The number of hydrogen-bond donors (Lipinski definition) is 1. The Bertz CT molecular complexity index is 440. The van der Waals surface area contributed by atoms with E-state index < -0.39 is 0 Å². The fourth-order valence-electron chi connectivity index (χ4n) is 2.65. The van der Waals surface area contributed by atoms with Crippen molar-refractivity contribution in [2.45, 2.75) is 32.7 Å². The minimum atomic E-state index is -0.376. The van der Waals surface area contributed by atoms with Crippen LogP contribution in [0.5, 0.6) is 0 Å². The lowest BCUT2D eigenvalue weighted by atomic mass is 9.90. The molecule has 0 aliphatic carbocycles. The molecule has 1 unspecified atom stereocenters. The number of rotatable bonds is 3. The third-order valence-electron chi connectivity index (χ3n) is 4.10. The molecule has 1 atom stereocenters. The van der Waals surface area contributed by atoms with E-state index in [9.17, 15) is 8.78 Å². The summed E-state index contributed by atoms with van der Waals surface area (Å²) >= 11 is 0. The first-order chi connectivity index (χ1) is 8.97. The lowest BCUT2D eigenvalue weighted by Gasteiger charge is -2.33. The Morgan fingerprint density at radius 1 is 1.21 bits per heavy atom. The maximum Gasteiger partial charge on any atom is 0.146 e. The van der Waals surface area contributed by atoms with E-state index in [2.05, 4.69) is 17.3 Å². The highest BCUT2D eigenvalue weighted by Crippen LogP contribution is 2.25. The Morgan fingerprint density at radius 3 is 2.47 bits per heavy atom. The maximum atomic E-state index is 13.8. The summed E-state index contributed by atoms with van der Waals surface area (Å²) in [4.78, 5) is 2.30. The van der Waals surface area contributed by atoms with E-state index in [1.54, 1.807) is 6.92 Å². The van der Waals surface area contributed by atoms with Crippen molar-refractivity contribution < 1.29 is 8.78 Å². The highest BCUT2D eigenvalue weighted by atomic mass is 19.1. The van der Waals surface area contributed by atoms with Crippen LogP contribution < -0.4 is 5.32 Å². The van der Waals surface area contributed by atoms with Crippen molar-refractivity contribution in [3.8, 4) is 0 Å². The first-order valence-electron chi connectivity index (χ1n) is 6.88. The van der Waals surface area contributed by atoms with Gasteiger partial charge in [-0.2, -0.15) is 0 Å². The largest absolute Gasteiger partial charge is 0.380 e. The van der Waals surface area contributed by atoms with Gasteiger partial charge in [-0.15, -0.1) is 0 Å². The van der Waals surface area contributed by atoms with Crippen molar-refractivity contribution >= 4 is 5.69 Å². The number of benzene rings is 1. The van der Waals surface area contributed by atoms with Crippen molar-refractivity contribution in [1.82, 2.24) is 4.90 Å². The predicted molar refractivity (Wildman–Crippen MR) is 74.4 cm³/mol. The number of nitrogens with zero attached hydrogens (tertiary/aromatic N) is 1. The zero-order valence-electron chi connectivity index (χ0n) is 11.8. The number of anilines is 1. The number of likely N-dealkylation sites (tertiary alicyclic amines) is 1. The average molecular weight is 268 g/mol. The summed E-state index contributed by atoms with van der Waals surface area (Å²) < 4.78 is 27.3. The molecule has 1 N–H and O–H groups in total. The molecule has 0 amide bonds. The van der Waals surface area contributed by atoms with E-state index in [0.717, 1.165) is 25.9 Å². The minimum Gasteiger partial charge on any atom is -0.380 e. The standard InChI is InChI=1S/C15H22F2N2/c1-10-8-14(17)15(9-13(10)16)18-11(2)12-4-6-19(3)7-5-12/h8-9,11-12,18H,4-7H2,1-3H3. The van der Waals surface area contributed by atoms with Gasteiger partial charge in [0.15, 0.2) is 0 Å². The lowest BCUT2D eigenvalue weighted by Crippen LogP contribution is -2.37. The van der Waals surface area contributed by atoms with Crippen molar-refractivity contribution in [1.29, 1.82) is 0 Å². The molecule has 0 radical (unpaired) electrons. The van der Waals surface area contributed by atoms with Gasteiger partial charge in [-0.25, -0.2) is 8.78 Å². The van der Waals surface area contributed by atoms with Crippen LogP contribution in [0.2, 0.25) is 0 Å². The Morgan fingerprint density at radius 2 is 1.84 bits per heavy atom. The Labute approximate surface area is 113 Å². The first kappa shape index (κ1) is 14.3. The molecule has 2 rings (SSSR count). The molecule has 1 aliphatic heterocycles. The highest BCUT2D eigenvalue weighted by Gasteiger charge is 2.23. The van der Waals surface area contributed by atoms with Gasteiger partial charge in [0.25, 0.3) is 0 Å². The van der Waals surface area contributed by atoms with E-state index >= 15 is 0 Å². The van der Waals surface area contributed by atoms with Crippen molar-refractivity contribution in [2.24, 2.45) is 5.92 Å². The van der Waals surface area contributed by atoms with Crippen LogP contribution in [-0.2, 0) is 0 Å². The zero-order valence-corrected chi connectivity index (χ0v) is 11.8. The molecular weight excluding hydrogens is 246 g/mol. The lowest BCUT2D eigenvalue weighted by molar-refractivity contribution is 0.208. The van der Waals surface area contributed by atoms with E-state index in [4.69, 9.17) is 0 Å². The summed E-state index contributed by atoms with van der Waals surface area (Å²) in [7, 11) is 2.11. The number of nitrogens with one attached hydrogen (secondary N) is 1. The zero-order chi connectivity index (χ0) is 14.0. The molecule has 4 heteroatoms. The van der Waals surface area contributed by atoms with Crippen LogP contribution in [0.4, 0.5) is 14.5 Å². The molecule has 106 valence electrons. The van der Waals surface area contributed by atoms with E-state index in [1.165, 1.54) is 12.1 Å². The maximum absolute atomic E-state index is 13.8. The van der Waals surface area contributed by atoms with Gasteiger partial charge in [0.2, 0.25) is 0 Å². The molecule has 1 fully saturated rings. The van der Waals surface area contributed by atoms with E-state index in [0.29, 0.717) is 11.5 Å². The fourth-order valence-corrected chi connectivity index (χ4v) is 2.65. The summed E-state index contributed by atoms with van der Waals surface area (Å²) in [6.45, 7) is 5.76. The molecule has 1 heterocycles. The molecule has 0 aromatic heterocycles. The number of hydrogen-bond acceptors (Lipinski definition) is 2. The van der Waals surface area contributed by atoms with Gasteiger partial charge in [-0.05, 0) is 64.4 Å². The summed E-state index contributed by atoms with van der Waals surface area (Å²) in [5.74, 6) is -0.224. The summed E-state index contributed by atoms with van der Waals surface area (Å²) in [6.07, 6.45) is 2.20. The van der Waals surface area contributed by atoms with Crippen LogP contribution >= 0.6 is 0 Å². The van der Waals surface area contributed by atoms with Gasteiger partial charge in [-0.3, -0.25) is 0 Å². The van der Waals surface area contributed by atoms with E-state index in [-0.39, 0.29) is 23.4 Å². The van der Waals surface area contributed by atoms with Gasteiger partial charge >= 0.3 is 0 Å². The van der Waals surface area contributed by atoms with Crippen LogP contribution in [0.1, 0.15) is 25.3 Å². The normalized spacial score (nSPS) is 19.4. The molecule has 1 saturated heterocycles. The van der Waals surface area contributed by atoms with Gasteiger partial charge < -0.3 is 10.2 Å². The Hall–Kier alpha value is -1.16. The van der Waals surface area contributed by atoms with Gasteiger partial charge in [0.05, 0.1) is 5.69 Å². The van der Waals surface area contributed by atoms with Crippen LogP contribution in [0.3, 0.4) is 0 Å². The van der Waals surface area contributed by atoms with Gasteiger partial charge in [0.1, 0.15) is 11.6 Å². The minimum absolute atomic E-state index is 0.158. The number of aryl methyl sites for hydroxylation is 1. The molecule has 1 aliphatic rings. The molecule has 0 bridgehead atoms. The summed E-state index contributed by atoms with van der Waals surface area (Å²) in [6, 6.07) is 2.67. The molecule has 1 aromatic rings. The van der Waals surface area contributed by atoms with Crippen LogP contribution in [0.25, 0.3) is 0 Å². The topological polar surface area (TPSA) is 15.3 Å². The predicted octanol–water partition coefficient (Wildman–Crippen LogP) is 3.42. The van der Waals surface area contributed by atoms with Crippen LogP contribution in [-0.4, -0.2) is 31.1 Å². The second kappa shape index (κ2) is 5.87. The Kier molecular flexibility index (Phi) is 4.40. The molecule has 19 heavy (non-hydrogen) atoms. The molecule has 1 aromatic carbocycles. The second-order valence-electron chi connectivity index (χ2n) is 5.65. The quantitative estimate of drug-likeness (QED) is 0.903. The second-order valence-corrected chi connectivity index (χ2v) is 5.65. The van der Waals surface area contributed by atoms with Crippen LogP contribution in [0.15, 0.2) is 12.1 Å².